The summed E-state index contributed by atoms with van der Waals surface area (Å²) in [5.41, 5.74) is 1.00. The van der Waals surface area contributed by atoms with Gasteiger partial charge in [-0.25, -0.2) is 0 Å². The monoisotopic (exact) mass is 355 g/mol. The van der Waals surface area contributed by atoms with Gasteiger partial charge in [-0.1, -0.05) is 23.7 Å². The lowest BCUT2D eigenvalue weighted by molar-refractivity contribution is -0.121. The minimum atomic E-state index is -1.02. The Morgan fingerprint density at radius 3 is 2.32 bits per heavy atom. The molecule has 0 unspecified atom stereocenters. The van der Waals surface area contributed by atoms with E-state index >= 15 is 0 Å². The van der Waals surface area contributed by atoms with Gasteiger partial charge in [0, 0.05) is 17.0 Å². The number of anilines is 1. The van der Waals surface area contributed by atoms with Gasteiger partial charge in [0.1, 0.15) is 6.04 Å². The van der Waals surface area contributed by atoms with Crippen LogP contribution in [-0.2, 0) is 9.59 Å². The molecule has 0 radical (unpaired) electrons. The van der Waals surface area contributed by atoms with Crippen molar-refractivity contribution in [1.29, 1.82) is 0 Å². The van der Waals surface area contributed by atoms with Crippen LogP contribution >= 0.6 is 11.6 Å². The van der Waals surface area contributed by atoms with E-state index in [1.165, 1.54) is 13.0 Å². The van der Waals surface area contributed by atoms with Crippen LogP contribution < -0.4 is 4.90 Å². The van der Waals surface area contributed by atoms with Gasteiger partial charge in [-0.2, -0.15) is 0 Å². The predicted molar refractivity (Wildman–Crippen MR) is 93.1 cm³/mol. The van der Waals surface area contributed by atoms with E-state index in [9.17, 15) is 19.2 Å². The van der Waals surface area contributed by atoms with Crippen LogP contribution in [0.3, 0.4) is 0 Å². The van der Waals surface area contributed by atoms with E-state index in [4.69, 9.17) is 11.6 Å². The van der Waals surface area contributed by atoms with Crippen molar-refractivity contribution < 1.29 is 19.2 Å². The normalized spacial score (nSPS) is 14.4. The molecule has 0 saturated carbocycles. The number of carbonyl (C=O) groups is 4. The van der Waals surface area contributed by atoms with E-state index in [1.807, 2.05) is 0 Å². The number of benzene rings is 2. The van der Waals surface area contributed by atoms with Crippen molar-refractivity contribution in [3.8, 4) is 0 Å². The van der Waals surface area contributed by atoms with Crippen molar-refractivity contribution in [2.75, 3.05) is 4.90 Å². The molecule has 0 fully saturated rings. The summed E-state index contributed by atoms with van der Waals surface area (Å²) in [6.45, 7) is 1.30. The molecule has 0 N–H and O–H groups in total. The summed E-state index contributed by atoms with van der Waals surface area (Å²) in [5.74, 6) is -2.12. The third kappa shape index (κ3) is 3.10. The molecule has 0 saturated heterocycles. The van der Waals surface area contributed by atoms with Crippen LogP contribution in [0.1, 0.15) is 34.1 Å². The third-order valence-electron chi connectivity index (χ3n) is 4.15. The summed E-state index contributed by atoms with van der Waals surface area (Å²) >= 11 is 5.81. The molecule has 1 atom stereocenters. The Morgan fingerprint density at radius 1 is 1.04 bits per heavy atom. The second kappa shape index (κ2) is 6.61. The Kier molecular flexibility index (Phi) is 4.51. The summed E-state index contributed by atoms with van der Waals surface area (Å²) < 4.78 is 0. The van der Waals surface area contributed by atoms with Crippen LogP contribution in [0.25, 0.3) is 0 Å². The summed E-state index contributed by atoms with van der Waals surface area (Å²) in [6.07, 6.45) is -0.204. The summed E-state index contributed by atoms with van der Waals surface area (Å²) in [7, 11) is 0. The van der Waals surface area contributed by atoms with Crippen LogP contribution in [-0.4, -0.2) is 29.3 Å². The number of Topliss-reactive ketones (excluding diaryl/α,β-unsaturated/α-hetero) is 3. The van der Waals surface area contributed by atoms with Gasteiger partial charge < -0.3 is 0 Å². The van der Waals surface area contributed by atoms with Crippen molar-refractivity contribution in [3.63, 3.8) is 0 Å². The molecule has 5 nitrogen and oxygen atoms in total. The van der Waals surface area contributed by atoms with E-state index in [-0.39, 0.29) is 23.6 Å². The number of rotatable bonds is 5. The lowest BCUT2D eigenvalue weighted by atomic mass is 10.00. The second-order valence-corrected chi connectivity index (χ2v) is 6.22. The van der Waals surface area contributed by atoms with E-state index in [0.29, 0.717) is 16.3 Å². The van der Waals surface area contributed by atoms with Gasteiger partial charge in [0.25, 0.3) is 11.7 Å². The Labute approximate surface area is 149 Å². The van der Waals surface area contributed by atoms with Gasteiger partial charge in [0.2, 0.25) is 0 Å². The fourth-order valence-corrected chi connectivity index (χ4v) is 2.99. The highest BCUT2D eigenvalue weighted by molar-refractivity contribution is 6.52. The Balaban J connectivity index is 1.93. The van der Waals surface area contributed by atoms with Gasteiger partial charge in [-0.15, -0.1) is 0 Å². The zero-order chi connectivity index (χ0) is 18.1. The van der Waals surface area contributed by atoms with E-state index in [1.54, 1.807) is 42.5 Å². The van der Waals surface area contributed by atoms with Crippen molar-refractivity contribution in [1.82, 2.24) is 0 Å². The number of nitrogens with zero attached hydrogens (tertiary/aromatic N) is 1. The van der Waals surface area contributed by atoms with Crippen molar-refractivity contribution >= 4 is 40.5 Å². The number of carbonyl (C=O) groups excluding carboxylic acids is 4. The van der Waals surface area contributed by atoms with E-state index in [2.05, 4.69) is 0 Å². The molecular weight excluding hydrogens is 342 g/mol. The first kappa shape index (κ1) is 17.0. The molecule has 25 heavy (non-hydrogen) atoms. The quantitative estimate of drug-likeness (QED) is 0.610. The van der Waals surface area contributed by atoms with E-state index < -0.39 is 17.7 Å². The zero-order valence-corrected chi connectivity index (χ0v) is 14.1. The average molecular weight is 356 g/mol. The summed E-state index contributed by atoms with van der Waals surface area (Å²) in [6, 6.07) is 11.7. The molecule has 1 amide bonds. The molecule has 3 rings (SSSR count). The fourth-order valence-electron chi connectivity index (χ4n) is 2.87. The van der Waals surface area contributed by atoms with Gasteiger partial charge >= 0.3 is 0 Å². The number of amides is 1. The molecule has 0 aliphatic carbocycles. The maximum Gasteiger partial charge on any atom is 0.300 e. The molecule has 0 bridgehead atoms. The highest BCUT2D eigenvalue weighted by Gasteiger charge is 2.41. The lowest BCUT2D eigenvalue weighted by Crippen LogP contribution is -2.45. The largest absolute Gasteiger partial charge is 0.300 e. The fraction of sp³-hybridized carbons (Fsp3) is 0.158. The second-order valence-electron chi connectivity index (χ2n) is 5.78. The molecule has 0 aromatic heterocycles. The molecule has 1 aliphatic rings. The molecule has 1 heterocycles. The van der Waals surface area contributed by atoms with Crippen LogP contribution in [0.4, 0.5) is 5.69 Å². The maximum atomic E-state index is 12.5. The molecule has 1 aliphatic heterocycles. The first-order chi connectivity index (χ1) is 11.9. The maximum absolute atomic E-state index is 12.5. The van der Waals surface area contributed by atoms with Crippen molar-refractivity contribution in [2.45, 2.75) is 19.4 Å². The smallest absolute Gasteiger partial charge is 0.298 e. The third-order valence-corrected chi connectivity index (χ3v) is 4.40. The molecule has 2 aromatic carbocycles. The number of para-hydroxylation sites is 1. The van der Waals surface area contributed by atoms with Gasteiger partial charge in [0.05, 0.1) is 11.3 Å². The lowest BCUT2D eigenvalue weighted by Gasteiger charge is -2.25. The summed E-state index contributed by atoms with van der Waals surface area (Å²) in [5, 5.41) is 0.494. The minimum absolute atomic E-state index is 0.204. The predicted octanol–water partition coefficient (Wildman–Crippen LogP) is 3.10. The Hall–Kier alpha value is -2.79. The zero-order valence-electron chi connectivity index (χ0n) is 13.4. The van der Waals surface area contributed by atoms with Gasteiger partial charge in [-0.05, 0) is 43.3 Å². The first-order valence-corrected chi connectivity index (χ1v) is 8.04. The summed E-state index contributed by atoms with van der Waals surface area (Å²) in [4.78, 5) is 50.3. The number of hydrogen-bond donors (Lipinski definition) is 0. The topological polar surface area (TPSA) is 71.5 Å². The Morgan fingerprint density at radius 2 is 1.68 bits per heavy atom. The van der Waals surface area contributed by atoms with Gasteiger partial charge in [-0.3, -0.25) is 24.1 Å². The van der Waals surface area contributed by atoms with Gasteiger partial charge in [0.15, 0.2) is 11.6 Å². The first-order valence-electron chi connectivity index (χ1n) is 7.66. The highest BCUT2D eigenvalue weighted by atomic mass is 35.5. The number of hydrogen-bond acceptors (Lipinski definition) is 4. The van der Waals surface area contributed by atoms with Crippen molar-refractivity contribution in [3.05, 3.63) is 64.7 Å². The highest BCUT2D eigenvalue weighted by Crippen LogP contribution is 2.31. The molecule has 6 heteroatoms. The van der Waals surface area contributed by atoms with Crippen LogP contribution in [0, 0.1) is 0 Å². The van der Waals surface area contributed by atoms with Crippen LogP contribution in [0.2, 0.25) is 5.02 Å². The number of ketones is 3. The number of halogens is 1. The minimum Gasteiger partial charge on any atom is -0.298 e. The molecule has 2 aromatic rings. The van der Waals surface area contributed by atoms with Crippen LogP contribution in [0.15, 0.2) is 48.5 Å². The average Bonchev–Trinajstić information content (AvgIpc) is 2.84. The van der Waals surface area contributed by atoms with Crippen molar-refractivity contribution in [2.24, 2.45) is 0 Å². The Bertz CT molecular complexity index is 889. The standard InChI is InChI=1S/C19H14ClNO4/c1-11(22)16(10-17(23)12-6-8-13(20)9-7-12)21-15-5-3-2-4-14(15)18(24)19(21)25/h2-9,16H,10H2,1H3/t16-/m0/s1. The molecule has 126 valence electrons. The number of fused-ring (bicyclic) bond motifs is 1. The molecular formula is C19H14ClNO4. The SMILES string of the molecule is CC(=O)[C@H](CC(=O)c1ccc(Cl)cc1)N1C(=O)C(=O)c2ccccc21. The van der Waals surface area contributed by atoms with Crippen LogP contribution in [0.5, 0.6) is 0 Å². The molecule has 0 spiro atoms. The van der Waals surface area contributed by atoms with E-state index in [0.717, 1.165) is 4.90 Å².